The van der Waals surface area contributed by atoms with Crippen molar-refractivity contribution < 1.29 is 0 Å². The molecular formula is C9H13BrN4. The predicted molar refractivity (Wildman–Crippen MR) is 57.9 cm³/mol. The van der Waals surface area contributed by atoms with Crippen LogP contribution in [0.3, 0.4) is 0 Å². The molecule has 0 aliphatic rings. The summed E-state index contributed by atoms with van der Waals surface area (Å²) in [7, 11) is 1.77. The molecule has 0 saturated heterocycles. The van der Waals surface area contributed by atoms with Crippen molar-refractivity contribution in [1.29, 1.82) is 5.26 Å². The third-order valence-electron chi connectivity index (χ3n) is 2.15. The number of hydrogen-bond donors (Lipinski definition) is 1. The van der Waals surface area contributed by atoms with Crippen LogP contribution in [0.1, 0.15) is 11.4 Å². The molecule has 14 heavy (non-hydrogen) atoms. The maximum absolute atomic E-state index is 8.79. The van der Waals surface area contributed by atoms with Gasteiger partial charge in [0.2, 0.25) is 0 Å². The van der Waals surface area contributed by atoms with Crippen LogP contribution in [0.15, 0.2) is 4.47 Å². The second-order valence-electron chi connectivity index (χ2n) is 3.14. The molecule has 1 atom stereocenters. The van der Waals surface area contributed by atoms with Crippen LogP contribution in [0.2, 0.25) is 0 Å². The molecule has 1 rings (SSSR count). The minimum atomic E-state index is -0.195. The van der Waals surface area contributed by atoms with Gasteiger partial charge < -0.3 is 5.32 Å². The van der Waals surface area contributed by atoms with E-state index >= 15 is 0 Å². The van der Waals surface area contributed by atoms with Gasteiger partial charge in [0.05, 0.1) is 22.8 Å². The number of aromatic nitrogens is 2. The second kappa shape index (κ2) is 4.58. The lowest BCUT2D eigenvalue weighted by atomic mass is 10.3. The topological polar surface area (TPSA) is 53.6 Å². The van der Waals surface area contributed by atoms with Crippen molar-refractivity contribution >= 4 is 15.9 Å². The Morgan fingerprint density at radius 1 is 1.64 bits per heavy atom. The van der Waals surface area contributed by atoms with E-state index < -0.39 is 0 Å². The number of aryl methyl sites for hydroxylation is 1. The SMILES string of the molecule is CNC(C#N)Cn1nc(C)c(Br)c1C. The highest BCUT2D eigenvalue weighted by molar-refractivity contribution is 9.10. The van der Waals surface area contributed by atoms with E-state index in [1.807, 2.05) is 18.5 Å². The first-order chi connectivity index (χ1) is 6.60. The largest absolute Gasteiger partial charge is 0.303 e. The first kappa shape index (κ1) is 11.2. The van der Waals surface area contributed by atoms with Crippen LogP contribution >= 0.6 is 15.9 Å². The highest BCUT2D eigenvalue weighted by Gasteiger charge is 2.12. The van der Waals surface area contributed by atoms with Gasteiger partial charge >= 0.3 is 0 Å². The summed E-state index contributed by atoms with van der Waals surface area (Å²) in [6, 6.07) is 1.97. The van der Waals surface area contributed by atoms with Gasteiger partial charge in [0.1, 0.15) is 6.04 Å². The van der Waals surface area contributed by atoms with Gasteiger partial charge in [-0.25, -0.2) is 0 Å². The van der Waals surface area contributed by atoms with Gasteiger partial charge in [0.15, 0.2) is 0 Å². The number of nitriles is 1. The molecule has 0 aliphatic carbocycles. The molecule has 4 nitrogen and oxygen atoms in total. The van der Waals surface area contributed by atoms with Crippen molar-refractivity contribution in [3.8, 4) is 6.07 Å². The molecule has 0 spiro atoms. The smallest absolute Gasteiger partial charge is 0.115 e. The molecule has 1 heterocycles. The van der Waals surface area contributed by atoms with E-state index in [0.29, 0.717) is 6.54 Å². The van der Waals surface area contributed by atoms with Crippen LogP contribution in [-0.4, -0.2) is 22.9 Å². The molecule has 0 bridgehead atoms. The number of hydrogen-bond acceptors (Lipinski definition) is 3. The molecule has 0 saturated carbocycles. The zero-order valence-corrected chi connectivity index (χ0v) is 10.1. The molecule has 0 aromatic carbocycles. The van der Waals surface area contributed by atoms with Crippen molar-refractivity contribution in [3.05, 3.63) is 15.9 Å². The first-order valence-corrected chi connectivity index (χ1v) is 5.15. The van der Waals surface area contributed by atoms with Gasteiger partial charge in [-0.15, -0.1) is 0 Å². The van der Waals surface area contributed by atoms with Gasteiger partial charge in [-0.05, 0) is 36.8 Å². The lowest BCUT2D eigenvalue weighted by Crippen LogP contribution is -2.29. The third-order valence-corrected chi connectivity index (χ3v) is 3.30. The summed E-state index contributed by atoms with van der Waals surface area (Å²) in [6.45, 7) is 4.49. The van der Waals surface area contributed by atoms with Crippen LogP contribution in [0.5, 0.6) is 0 Å². The summed E-state index contributed by atoms with van der Waals surface area (Å²) in [6.07, 6.45) is 0. The van der Waals surface area contributed by atoms with Gasteiger partial charge in [-0.2, -0.15) is 10.4 Å². The zero-order valence-electron chi connectivity index (χ0n) is 8.50. The van der Waals surface area contributed by atoms with E-state index in [1.165, 1.54) is 0 Å². The predicted octanol–water partition coefficient (Wildman–Crippen LogP) is 1.37. The fourth-order valence-electron chi connectivity index (χ4n) is 1.22. The van der Waals surface area contributed by atoms with Gasteiger partial charge in [0.25, 0.3) is 0 Å². The lowest BCUT2D eigenvalue weighted by Gasteiger charge is -2.08. The molecule has 0 amide bonds. The summed E-state index contributed by atoms with van der Waals surface area (Å²) >= 11 is 3.45. The third kappa shape index (κ3) is 2.14. The van der Waals surface area contributed by atoms with Crippen LogP contribution in [0.25, 0.3) is 0 Å². The van der Waals surface area contributed by atoms with Gasteiger partial charge in [0, 0.05) is 5.69 Å². The Kier molecular flexibility index (Phi) is 3.67. The standard InChI is InChI=1S/C9H13BrN4/c1-6-9(10)7(2)14(13-6)5-8(4-11)12-3/h8,12H,5H2,1-3H3. The van der Waals surface area contributed by atoms with Crippen LogP contribution < -0.4 is 5.32 Å². The van der Waals surface area contributed by atoms with Crippen molar-refractivity contribution in [1.82, 2.24) is 15.1 Å². The van der Waals surface area contributed by atoms with Gasteiger partial charge in [-0.3, -0.25) is 4.68 Å². The molecule has 1 unspecified atom stereocenters. The normalized spacial score (nSPS) is 12.5. The number of likely N-dealkylation sites (N-methyl/N-ethyl adjacent to an activating group) is 1. The Labute approximate surface area is 92.0 Å². The molecule has 1 N–H and O–H groups in total. The quantitative estimate of drug-likeness (QED) is 0.889. The monoisotopic (exact) mass is 256 g/mol. The average molecular weight is 257 g/mol. The van der Waals surface area contributed by atoms with Crippen LogP contribution in [0, 0.1) is 25.2 Å². The van der Waals surface area contributed by atoms with E-state index in [4.69, 9.17) is 5.26 Å². The Hall–Kier alpha value is -0.860. The summed E-state index contributed by atoms with van der Waals surface area (Å²) in [4.78, 5) is 0. The molecule has 1 aromatic heterocycles. The van der Waals surface area contributed by atoms with E-state index in [0.717, 1.165) is 15.9 Å². The molecule has 76 valence electrons. The summed E-state index contributed by atoms with van der Waals surface area (Å²) < 4.78 is 2.86. The summed E-state index contributed by atoms with van der Waals surface area (Å²) in [5, 5.41) is 16.0. The molecule has 1 aromatic rings. The van der Waals surface area contributed by atoms with Crippen molar-refractivity contribution in [2.24, 2.45) is 0 Å². The van der Waals surface area contributed by atoms with Crippen LogP contribution in [0.4, 0.5) is 0 Å². The maximum atomic E-state index is 8.79. The van der Waals surface area contributed by atoms with E-state index in [9.17, 15) is 0 Å². The fourth-order valence-corrected chi connectivity index (χ4v) is 1.51. The number of nitrogens with one attached hydrogen (secondary N) is 1. The Bertz CT molecular complexity index is 364. The van der Waals surface area contributed by atoms with E-state index in [-0.39, 0.29) is 6.04 Å². The first-order valence-electron chi connectivity index (χ1n) is 4.36. The van der Waals surface area contributed by atoms with Crippen molar-refractivity contribution in [2.75, 3.05) is 7.05 Å². The highest BCUT2D eigenvalue weighted by Crippen LogP contribution is 2.19. The number of rotatable bonds is 3. The van der Waals surface area contributed by atoms with Crippen molar-refractivity contribution in [2.45, 2.75) is 26.4 Å². The minimum Gasteiger partial charge on any atom is -0.303 e. The van der Waals surface area contributed by atoms with Crippen LogP contribution in [-0.2, 0) is 6.54 Å². The van der Waals surface area contributed by atoms with E-state index in [2.05, 4.69) is 32.4 Å². The Morgan fingerprint density at radius 3 is 2.64 bits per heavy atom. The van der Waals surface area contributed by atoms with E-state index in [1.54, 1.807) is 7.05 Å². The molecule has 0 aliphatic heterocycles. The lowest BCUT2D eigenvalue weighted by molar-refractivity contribution is 0.510. The highest BCUT2D eigenvalue weighted by atomic mass is 79.9. The maximum Gasteiger partial charge on any atom is 0.115 e. The molecule has 0 fully saturated rings. The zero-order chi connectivity index (χ0) is 10.7. The molecular weight excluding hydrogens is 244 g/mol. The van der Waals surface area contributed by atoms with Crippen molar-refractivity contribution in [3.63, 3.8) is 0 Å². The summed E-state index contributed by atoms with van der Waals surface area (Å²) in [5.74, 6) is 0. The summed E-state index contributed by atoms with van der Waals surface area (Å²) in [5.41, 5.74) is 2.01. The fraction of sp³-hybridized carbons (Fsp3) is 0.556. The molecule has 0 radical (unpaired) electrons. The Morgan fingerprint density at radius 2 is 2.29 bits per heavy atom. The second-order valence-corrected chi connectivity index (χ2v) is 3.93. The Balaban J connectivity index is 2.88. The number of halogens is 1. The molecule has 5 heteroatoms. The minimum absolute atomic E-state index is 0.195. The van der Waals surface area contributed by atoms with Gasteiger partial charge in [-0.1, -0.05) is 0 Å². The average Bonchev–Trinajstić information content (AvgIpc) is 2.42. The number of nitrogens with zero attached hydrogens (tertiary/aromatic N) is 3.